The molecule has 1 atom stereocenters. The van der Waals surface area contributed by atoms with Gasteiger partial charge >= 0.3 is 0 Å². The van der Waals surface area contributed by atoms with Crippen molar-refractivity contribution in [2.75, 3.05) is 0 Å². The van der Waals surface area contributed by atoms with Crippen LogP contribution in [-0.4, -0.2) is 0 Å². The van der Waals surface area contributed by atoms with Crippen LogP contribution in [0, 0.1) is 5.92 Å². The van der Waals surface area contributed by atoms with Crippen molar-refractivity contribution in [3.63, 3.8) is 0 Å². The molecule has 72 valence electrons. The molecule has 0 aliphatic carbocycles. The number of benzene rings is 1. The zero-order valence-corrected chi connectivity index (χ0v) is 9.14. The molecule has 0 heterocycles. The van der Waals surface area contributed by atoms with E-state index in [0.717, 1.165) is 17.4 Å². The van der Waals surface area contributed by atoms with Crippen molar-refractivity contribution in [3.05, 3.63) is 34.9 Å². The molecule has 0 bridgehead atoms. The van der Waals surface area contributed by atoms with Gasteiger partial charge in [0.25, 0.3) is 0 Å². The van der Waals surface area contributed by atoms with Crippen molar-refractivity contribution < 1.29 is 0 Å². The first kappa shape index (κ1) is 10.6. The van der Waals surface area contributed by atoms with E-state index in [1.807, 2.05) is 12.1 Å². The Bertz CT molecular complexity index is 255. The molecule has 0 saturated heterocycles. The van der Waals surface area contributed by atoms with Crippen LogP contribution in [0.2, 0.25) is 5.02 Å². The highest BCUT2D eigenvalue weighted by Gasteiger charge is 2.02. The van der Waals surface area contributed by atoms with Gasteiger partial charge in [-0.25, -0.2) is 0 Å². The van der Waals surface area contributed by atoms with Crippen LogP contribution in [0.5, 0.6) is 0 Å². The molecule has 1 rings (SSSR count). The van der Waals surface area contributed by atoms with Gasteiger partial charge in [0.05, 0.1) is 0 Å². The van der Waals surface area contributed by atoms with E-state index in [0.29, 0.717) is 0 Å². The minimum atomic E-state index is 0.767. The molecule has 0 nitrogen and oxygen atoms in total. The van der Waals surface area contributed by atoms with E-state index in [9.17, 15) is 0 Å². The molecule has 1 heteroatoms. The third kappa shape index (κ3) is 3.82. The smallest absolute Gasteiger partial charge is 0.0408 e. The lowest BCUT2D eigenvalue weighted by Crippen LogP contribution is -1.98. The summed E-state index contributed by atoms with van der Waals surface area (Å²) in [6.45, 7) is 4.53. The third-order valence-electron chi connectivity index (χ3n) is 2.25. The lowest BCUT2D eigenvalue weighted by Gasteiger charge is -2.09. The molecule has 13 heavy (non-hydrogen) atoms. The molecule has 0 aliphatic rings. The van der Waals surface area contributed by atoms with Gasteiger partial charge in [-0.3, -0.25) is 0 Å². The Morgan fingerprint density at radius 1 is 1.38 bits per heavy atom. The highest BCUT2D eigenvalue weighted by molar-refractivity contribution is 6.30. The SMILES string of the molecule is CCCC(C)Cc1cccc(Cl)c1. The molecule has 0 N–H and O–H groups in total. The van der Waals surface area contributed by atoms with E-state index in [1.54, 1.807) is 0 Å². The van der Waals surface area contributed by atoms with Crippen molar-refractivity contribution in [3.8, 4) is 0 Å². The monoisotopic (exact) mass is 196 g/mol. The van der Waals surface area contributed by atoms with Gasteiger partial charge < -0.3 is 0 Å². The number of halogens is 1. The molecule has 0 radical (unpaired) electrons. The van der Waals surface area contributed by atoms with Crippen LogP contribution in [-0.2, 0) is 6.42 Å². The summed E-state index contributed by atoms with van der Waals surface area (Å²) in [6, 6.07) is 8.16. The summed E-state index contributed by atoms with van der Waals surface area (Å²) in [5.41, 5.74) is 1.36. The van der Waals surface area contributed by atoms with E-state index in [4.69, 9.17) is 11.6 Å². The Hall–Kier alpha value is -0.490. The Kier molecular flexibility index (Phi) is 4.31. The van der Waals surface area contributed by atoms with Gasteiger partial charge in [-0.1, -0.05) is 50.4 Å². The average molecular weight is 197 g/mol. The molecule has 0 aliphatic heterocycles. The fourth-order valence-corrected chi connectivity index (χ4v) is 1.87. The molecule has 0 fully saturated rings. The van der Waals surface area contributed by atoms with Gasteiger partial charge in [0.1, 0.15) is 0 Å². The first-order valence-electron chi connectivity index (χ1n) is 4.96. The van der Waals surface area contributed by atoms with Crippen molar-refractivity contribution in [2.45, 2.75) is 33.1 Å². The second kappa shape index (κ2) is 5.29. The topological polar surface area (TPSA) is 0 Å². The lowest BCUT2D eigenvalue weighted by atomic mass is 9.97. The summed E-state index contributed by atoms with van der Waals surface area (Å²) in [7, 11) is 0. The average Bonchev–Trinajstić information content (AvgIpc) is 2.04. The second-order valence-electron chi connectivity index (χ2n) is 3.73. The first-order chi connectivity index (χ1) is 6.22. The highest BCUT2D eigenvalue weighted by atomic mass is 35.5. The van der Waals surface area contributed by atoms with Gasteiger partial charge in [-0.05, 0) is 30.0 Å². The first-order valence-corrected chi connectivity index (χ1v) is 5.34. The largest absolute Gasteiger partial charge is 0.0843 e. The van der Waals surface area contributed by atoms with Crippen molar-refractivity contribution in [1.29, 1.82) is 0 Å². The van der Waals surface area contributed by atoms with Gasteiger partial charge in [0.15, 0.2) is 0 Å². The predicted molar refractivity (Wildman–Crippen MR) is 59.2 cm³/mol. The number of hydrogen-bond donors (Lipinski definition) is 0. The minimum absolute atomic E-state index is 0.767. The molecule has 0 aromatic heterocycles. The maximum absolute atomic E-state index is 5.91. The molecule has 1 aromatic carbocycles. The predicted octanol–water partition coefficient (Wildman–Crippen LogP) is 4.32. The van der Waals surface area contributed by atoms with Crippen molar-refractivity contribution in [2.24, 2.45) is 5.92 Å². The van der Waals surface area contributed by atoms with Crippen LogP contribution in [0.3, 0.4) is 0 Å². The Morgan fingerprint density at radius 2 is 2.15 bits per heavy atom. The second-order valence-corrected chi connectivity index (χ2v) is 4.16. The summed E-state index contributed by atoms with van der Waals surface area (Å²) >= 11 is 5.91. The zero-order valence-electron chi connectivity index (χ0n) is 8.39. The molecule has 0 spiro atoms. The van der Waals surface area contributed by atoms with E-state index in [2.05, 4.69) is 26.0 Å². The lowest BCUT2D eigenvalue weighted by molar-refractivity contribution is 0.522. The molecule has 1 unspecified atom stereocenters. The number of rotatable bonds is 4. The van der Waals surface area contributed by atoms with Crippen LogP contribution in [0.4, 0.5) is 0 Å². The summed E-state index contributed by atoms with van der Waals surface area (Å²) in [4.78, 5) is 0. The van der Waals surface area contributed by atoms with E-state index in [-0.39, 0.29) is 0 Å². The molecule has 0 amide bonds. The normalized spacial score (nSPS) is 12.8. The Morgan fingerprint density at radius 3 is 2.77 bits per heavy atom. The minimum Gasteiger partial charge on any atom is -0.0843 e. The Labute approximate surface area is 85.9 Å². The van der Waals surface area contributed by atoms with E-state index < -0.39 is 0 Å². The summed E-state index contributed by atoms with van der Waals surface area (Å²) in [6.07, 6.45) is 3.71. The fourth-order valence-electron chi connectivity index (χ4n) is 1.66. The highest BCUT2D eigenvalue weighted by Crippen LogP contribution is 2.16. The van der Waals surface area contributed by atoms with Crippen LogP contribution in [0.25, 0.3) is 0 Å². The van der Waals surface area contributed by atoms with Crippen LogP contribution in [0.1, 0.15) is 32.3 Å². The van der Waals surface area contributed by atoms with Gasteiger partial charge in [-0.2, -0.15) is 0 Å². The van der Waals surface area contributed by atoms with Crippen molar-refractivity contribution in [1.82, 2.24) is 0 Å². The third-order valence-corrected chi connectivity index (χ3v) is 2.49. The van der Waals surface area contributed by atoms with Gasteiger partial charge in [0.2, 0.25) is 0 Å². The molecular weight excluding hydrogens is 180 g/mol. The quantitative estimate of drug-likeness (QED) is 0.673. The van der Waals surface area contributed by atoms with Crippen LogP contribution in [0.15, 0.2) is 24.3 Å². The van der Waals surface area contributed by atoms with Crippen LogP contribution >= 0.6 is 11.6 Å². The number of hydrogen-bond acceptors (Lipinski definition) is 0. The fraction of sp³-hybridized carbons (Fsp3) is 0.500. The van der Waals surface area contributed by atoms with E-state index in [1.165, 1.54) is 18.4 Å². The zero-order chi connectivity index (χ0) is 9.68. The van der Waals surface area contributed by atoms with Crippen LogP contribution < -0.4 is 0 Å². The maximum atomic E-state index is 5.91. The van der Waals surface area contributed by atoms with E-state index >= 15 is 0 Å². The standard InChI is InChI=1S/C12H17Cl/c1-3-5-10(2)8-11-6-4-7-12(13)9-11/h4,6-7,9-10H,3,5,8H2,1-2H3. The summed E-state index contributed by atoms with van der Waals surface area (Å²) in [5, 5.41) is 0.848. The maximum Gasteiger partial charge on any atom is 0.0408 e. The Balaban J connectivity index is 2.53. The summed E-state index contributed by atoms with van der Waals surface area (Å²) in [5.74, 6) is 0.767. The molecule has 1 aromatic rings. The van der Waals surface area contributed by atoms with Gasteiger partial charge in [-0.15, -0.1) is 0 Å². The molecular formula is C12H17Cl. The van der Waals surface area contributed by atoms with Gasteiger partial charge in [0, 0.05) is 5.02 Å². The summed E-state index contributed by atoms with van der Waals surface area (Å²) < 4.78 is 0. The van der Waals surface area contributed by atoms with Crippen molar-refractivity contribution >= 4 is 11.6 Å². The molecule has 0 saturated carbocycles.